The molecule has 0 N–H and O–H groups in total. The van der Waals surface area contributed by atoms with Gasteiger partial charge >= 0.3 is 10.1 Å². The largest absolute Gasteiger partial charge is 0.379 e. The molecule has 1 aromatic carbocycles. The third kappa shape index (κ3) is 3.23. The maximum Gasteiger partial charge on any atom is 0.309 e. The van der Waals surface area contributed by atoms with E-state index in [0.717, 1.165) is 12.1 Å². The van der Waals surface area contributed by atoms with Crippen molar-refractivity contribution >= 4 is 16.4 Å². The summed E-state index contributed by atoms with van der Waals surface area (Å²) >= 11 is 0. The Morgan fingerprint density at radius 3 is 2.53 bits per heavy atom. The third-order valence-corrected chi connectivity index (χ3v) is 3.22. The summed E-state index contributed by atoms with van der Waals surface area (Å²) in [6.45, 7) is 1.61. The van der Waals surface area contributed by atoms with Crippen molar-refractivity contribution < 1.29 is 26.2 Å². The summed E-state index contributed by atoms with van der Waals surface area (Å²) in [4.78, 5) is 10.4. The van der Waals surface area contributed by atoms with E-state index in [-0.39, 0.29) is 12.0 Å². The van der Waals surface area contributed by atoms with Crippen molar-refractivity contribution in [1.29, 1.82) is 0 Å². The van der Waals surface area contributed by atoms with Crippen LogP contribution in [0.25, 0.3) is 0 Å². The van der Waals surface area contributed by atoms with Crippen molar-refractivity contribution in [1.82, 2.24) is 0 Å². The molecule has 0 aromatic heterocycles. The Balaban J connectivity index is 3.13. The van der Waals surface area contributed by atoms with Crippen molar-refractivity contribution in [2.75, 3.05) is 5.75 Å². The molecular weight excluding hydrogens is 254 g/mol. The normalized spacial score (nSPS) is 11.2. The molecule has 0 heterocycles. The van der Waals surface area contributed by atoms with Crippen LogP contribution in [-0.2, 0) is 10.1 Å². The Morgan fingerprint density at radius 1 is 1.35 bits per heavy atom. The Kier molecular flexibility index (Phi) is 4.17. The lowest BCUT2D eigenvalue weighted by atomic mass is 10.2. The molecule has 0 saturated heterocycles. The highest BCUT2D eigenvalue weighted by Gasteiger charge is 2.19. The highest BCUT2D eigenvalue weighted by molar-refractivity contribution is 7.87. The molecule has 0 aliphatic rings. The van der Waals surface area contributed by atoms with Crippen LogP contribution >= 0.6 is 0 Å². The van der Waals surface area contributed by atoms with Crippen LogP contribution in [0.3, 0.4) is 0 Å². The molecule has 17 heavy (non-hydrogen) atoms. The maximum atomic E-state index is 13.4. The van der Waals surface area contributed by atoms with Crippen LogP contribution in [0.15, 0.2) is 12.1 Å². The molecule has 7 heteroatoms. The Bertz CT molecular complexity index is 525. The lowest BCUT2D eigenvalue weighted by Crippen LogP contribution is -2.14. The average Bonchev–Trinajstić information content (AvgIpc) is 2.23. The summed E-state index contributed by atoms with van der Waals surface area (Å²) in [6.07, 6.45) is 0.260. The number of carbonyl (C=O) groups is 1. The number of rotatable bonds is 5. The second kappa shape index (κ2) is 5.22. The van der Waals surface area contributed by atoms with Gasteiger partial charge in [-0.25, -0.2) is 8.78 Å². The van der Waals surface area contributed by atoms with Gasteiger partial charge in [-0.2, -0.15) is 8.42 Å². The van der Waals surface area contributed by atoms with Gasteiger partial charge in [-0.05, 0) is 18.6 Å². The Morgan fingerprint density at radius 2 is 2.00 bits per heavy atom. The Labute approximate surface area is 97.3 Å². The molecule has 0 aliphatic carbocycles. The molecule has 0 amide bonds. The second-order valence-corrected chi connectivity index (χ2v) is 4.93. The number of halogens is 2. The lowest BCUT2D eigenvalue weighted by molar-refractivity contribution is 0.111. The molecule has 0 spiro atoms. The van der Waals surface area contributed by atoms with Crippen molar-refractivity contribution in [3.05, 3.63) is 29.3 Å². The summed E-state index contributed by atoms with van der Waals surface area (Å²) in [5, 5.41) is 0. The number of benzene rings is 1. The highest BCUT2D eigenvalue weighted by atomic mass is 32.2. The molecular formula is C10H10F2O4S. The van der Waals surface area contributed by atoms with Crippen molar-refractivity contribution in [2.24, 2.45) is 0 Å². The van der Waals surface area contributed by atoms with Gasteiger partial charge in [0.15, 0.2) is 17.9 Å². The quantitative estimate of drug-likeness (QED) is 0.602. The average molecular weight is 264 g/mol. The SMILES string of the molecule is CCCS(=O)(=O)Oc1ccc(F)c(C=O)c1F. The van der Waals surface area contributed by atoms with Crippen LogP contribution < -0.4 is 4.18 Å². The van der Waals surface area contributed by atoms with E-state index in [1.807, 2.05) is 0 Å². The van der Waals surface area contributed by atoms with Gasteiger partial charge in [-0.1, -0.05) is 6.92 Å². The van der Waals surface area contributed by atoms with Gasteiger partial charge in [0.25, 0.3) is 0 Å². The number of hydrogen-bond acceptors (Lipinski definition) is 4. The van der Waals surface area contributed by atoms with Crippen LogP contribution in [0.4, 0.5) is 8.78 Å². The van der Waals surface area contributed by atoms with E-state index < -0.39 is 33.1 Å². The lowest BCUT2D eigenvalue weighted by Gasteiger charge is -2.08. The minimum Gasteiger partial charge on any atom is -0.379 e. The first-order valence-electron chi connectivity index (χ1n) is 4.76. The van der Waals surface area contributed by atoms with Crippen LogP contribution in [0.5, 0.6) is 5.75 Å². The van der Waals surface area contributed by atoms with Crippen LogP contribution in [0, 0.1) is 11.6 Å². The van der Waals surface area contributed by atoms with Gasteiger partial charge < -0.3 is 4.18 Å². The molecule has 0 atom stereocenters. The zero-order chi connectivity index (χ0) is 13.1. The predicted molar refractivity (Wildman–Crippen MR) is 56.5 cm³/mol. The van der Waals surface area contributed by atoms with E-state index in [0.29, 0.717) is 6.42 Å². The summed E-state index contributed by atoms with van der Waals surface area (Å²) in [5.41, 5.74) is -0.853. The van der Waals surface area contributed by atoms with Crippen LogP contribution in [0.1, 0.15) is 23.7 Å². The number of aldehydes is 1. The van der Waals surface area contributed by atoms with E-state index in [4.69, 9.17) is 0 Å². The number of carbonyl (C=O) groups excluding carboxylic acids is 1. The first-order chi connectivity index (χ1) is 7.91. The van der Waals surface area contributed by atoms with Gasteiger partial charge in [0, 0.05) is 0 Å². The molecule has 0 unspecified atom stereocenters. The van der Waals surface area contributed by atoms with E-state index in [1.165, 1.54) is 0 Å². The molecule has 1 aromatic rings. The van der Waals surface area contributed by atoms with Gasteiger partial charge in [-0.3, -0.25) is 4.79 Å². The van der Waals surface area contributed by atoms with Crippen LogP contribution in [0.2, 0.25) is 0 Å². The predicted octanol–water partition coefficient (Wildman–Crippen LogP) is 1.90. The highest BCUT2D eigenvalue weighted by Crippen LogP contribution is 2.23. The first-order valence-corrected chi connectivity index (χ1v) is 6.34. The van der Waals surface area contributed by atoms with E-state index in [1.54, 1.807) is 6.92 Å². The monoisotopic (exact) mass is 264 g/mol. The zero-order valence-corrected chi connectivity index (χ0v) is 9.76. The smallest absolute Gasteiger partial charge is 0.309 e. The molecule has 94 valence electrons. The zero-order valence-electron chi connectivity index (χ0n) is 8.94. The third-order valence-electron chi connectivity index (χ3n) is 1.88. The van der Waals surface area contributed by atoms with Crippen molar-refractivity contribution in [2.45, 2.75) is 13.3 Å². The summed E-state index contributed by atoms with van der Waals surface area (Å²) < 4.78 is 53.4. The summed E-state index contributed by atoms with van der Waals surface area (Å²) in [6, 6.07) is 1.59. The molecule has 0 bridgehead atoms. The fraction of sp³-hybridized carbons (Fsp3) is 0.300. The Hall–Kier alpha value is -1.50. The number of hydrogen-bond donors (Lipinski definition) is 0. The summed E-state index contributed by atoms with van der Waals surface area (Å²) in [7, 11) is -3.92. The van der Waals surface area contributed by atoms with E-state index >= 15 is 0 Å². The standard InChI is InChI=1S/C10H10F2O4S/c1-2-5-17(14,15)16-9-4-3-8(11)7(6-13)10(9)12/h3-4,6H,2,5H2,1H3. The molecule has 0 radical (unpaired) electrons. The van der Waals surface area contributed by atoms with E-state index in [9.17, 15) is 22.0 Å². The molecule has 0 fully saturated rings. The molecule has 0 saturated carbocycles. The molecule has 4 nitrogen and oxygen atoms in total. The maximum absolute atomic E-state index is 13.4. The van der Waals surface area contributed by atoms with Crippen molar-refractivity contribution in [3.63, 3.8) is 0 Å². The topological polar surface area (TPSA) is 60.4 Å². The van der Waals surface area contributed by atoms with Gasteiger partial charge in [0.2, 0.25) is 0 Å². The van der Waals surface area contributed by atoms with Gasteiger partial charge in [-0.15, -0.1) is 0 Å². The second-order valence-electron chi connectivity index (χ2n) is 3.24. The van der Waals surface area contributed by atoms with E-state index in [2.05, 4.69) is 4.18 Å². The fourth-order valence-corrected chi connectivity index (χ4v) is 2.14. The first kappa shape index (κ1) is 13.6. The molecule has 0 aliphatic heterocycles. The fourth-order valence-electron chi connectivity index (χ4n) is 1.15. The van der Waals surface area contributed by atoms with Crippen molar-refractivity contribution in [3.8, 4) is 5.75 Å². The summed E-state index contributed by atoms with van der Waals surface area (Å²) in [5.74, 6) is -3.36. The van der Waals surface area contributed by atoms with Crippen LogP contribution in [-0.4, -0.2) is 20.5 Å². The molecule has 1 rings (SSSR count). The van der Waals surface area contributed by atoms with Gasteiger partial charge in [0.05, 0.1) is 11.3 Å². The minimum atomic E-state index is -3.92. The minimum absolute atomic E-state index is 0.0377. The van der Waals surface area contributed by atoms with Gasteiger partial charge in [0.1, 0.15) is 5.82 Å².